The summed E-state index contributed by atoms with van der Waals surface area (Å²) in [5, 5.41) is 10.9. The Labute approximate surface area is 130 Å². The fraction of sp³-hybridized carbons (Fsp3) is 0.294. The van der Waals surface area contributed by atoms with Crippen molar-refractivity contribution in [3.63, 3.8) is 0 Å². The van der Waals surface area contributed by atoms with E-state index in [1.807, 2.05) is 12.1 Å². The second kappa shape index (κ2) is 7.12. The third-order valence-electron chi connectivity index (χ3n) is 3.43. The number of aryl methyl sites for hydroxylation is 1. The Balaban J connectivity index is 2.07. The van der Waals surface area contributed by atoms with Crippen LogP contribution in [0.2, 0.25) is 10.0 Å². The van der Waals surface area contributed by atoms with E-state index in [0.29, 0.717) is 10.0 Å². The highest BCUT2D eigenvalue weighted by Crippen LogP contribution is 2.24. The Morgan fingerprint density at radius 3 is 2.30 bits per heavy atom. The summed E-state index contributed by atoms with van der Waals surface area (Å²) in [6.45, 7) is 2.22. The van der Waals surface area contributed by atoms with Gasteiger partial charge in [-0.25, -0.2) is 0 Å². The van der Waals surface area contributed by atoms with E-state index in [1.165, 1.54) is 11.1 Å². The molecule has 0 fully saturated rings. The highest BCUT2D eigenvalue weighted by molar-refractivity contribution is 6.35. The normalized spacial score (nSPS) is 12.4. The number of halogens is 2. The number of hydrogen-bond acceptors (Lipinski definition) is 1. The van der Waals surface area contributed by atoms with Gasteiger partial charge in [0.1, 0.15) is 0 Å². The largest absolute Gasteiger partial charge is 0.396 e. The van der Waals surface area contributed by atoms with Crippen molar-refractivity contribution in [2.24, 2.45) is 5.92 Å². The molecular weight excluding hydrogens is 291 g/mol. The summed E-state index contributed by atoms with van der Waals surface area (Å²) in [7, 11) is 0. The van der Waals surface area contributed by atoms with Gasteiger partial charge in [-0.05, 0) is 48.9 Å². The third-order valence-corrected chi connectivity index (χ3v) is 4.01. The number of rotatable bonds is 5. The number of benzene rings is 2. The van der Waals surface area contributed by atoms with Crippen LogP contribution in [-0.2, 0) is 12.8 Å². The maximum Gasteiger partial charge on any atom is 0.0465 e. The van der Waals surface area contributed by atoms with Crippen molar-refractivity contribution >= 4 is 23.2 Å². The van der Waals surface area contributed by atoms with Crippen molar-refractivity contribution in [3.05, 3.63) is 69.2 Å². The van der Waals surface area contributed by atoms with Crippen molar-refractivity contribution in [2.75, 3.05) is 6.61 Å². The molecule has 106 valence electrons. The lowest BCUT2D eigenvalue weighted by molar-refractivity contribution is 0.225. The molecule has 1 nitrogen and oxygen atoms in total. The minimum atomic E-state index is 0.146. The summed E-state index contributed by atoms with van der Waals surface area (Å²) in [5.41, 5.74) is 3.51. The minimum Gasteiger partial charge on any atom is -0.396 e. The quantitative estimate of drug-likeness (QED) is 0.849. The van der Waals surface area contributed by atoms with Crippen LogP contribution in [0.5, 0.6) is 0 Å². The van der Waals surface area contributed by atoms with Crippen molar-refractivity contribution in [3.8, 4) is 0 Å². The van der Waals surface area contributed by atoms with E-state index in [0.717, 1.165) is 18.4 Å². The maximum absolute atomic E-state index is 9.58. The molecule has 0 aliphatic carbocycles. The first kappa shape index (κ1) is 15.4. The lowest BCUT2D eigenvalue weighted by Gasteiger charge is -2.15. The van der Waals surface area contributed by atoms with Gasteiger partial charge in [0.2, 0.25) is 0 Å². The van der Waals surface area contributed by atoms with Crippen molar-refractivity contribution in [1.29, 1.82) is 0 Å². The Hall–Kier alpha value is -1.02. The van der Waals surface area contributed by atoms with Crippen LogP contribution in [0.3, 0.4) is 0 Å². The molecule has 0 saturated heterocycles. The SMILES string of the molecule is Cc1ccc(CC(CO)Cc2ccc(Cl)cc2Cl)cc1. The van der Waals surface area contributed by atoms with E-state index >= 15 is 0 Å². The van der Waals surface area contributed by atoms with Gasteiger partial charge in [-0.3, -0.25) is 0 Å². The van der Waals surface area contributed by atoms with Crippen molar-refractivity contribution in [2.45, 2.75) is 19.8 Å². The first-order valence-electron chi connectivity index (χ1n) is 6.69. The average molecular weight is 309 g/mol. The minimum absolute atomic E-state index is 0.146. The molecule has 1 atom stereocenters. The Bertz CT molecular complexity index is 564. The number of aliphatic hydroxyl groups is 1. The molecule has 3 heteroatoms. The van der Waals surface area contributed by atoms with Gasteiger partial charge in [0.25, 0.3) is 0 Å². The summed E-state index contributed by atoms with van der Waals surface area (Å²) >= 11 is 12.1. The topological polar surface area (TPSA) is 20.2 Å². The van der Waals surface area contributed by atoms with Crippen molar-refractivity contribution in [1.82, 2.24) is 0 Å². The second-order valence-corrected chi connectivity index (χ2v) is 6.02. The van der Waals surface area contributed by atoms with Gasteiger partial charge >= 0.3 is 0 Å². The van der Waals surface area contributed by atoms with Gasteiger partial charge < -0.3 is 5.11 Å². The molecule has 2 rings (SSSR count). The van der Waals surface area contributed by atoms with E-state index < -0.39 is 0 Å². The first-order valence-corrected chi connectivity index (χ1v) is 7.44. The zero-order valence-electron chi connectivity index (χ0n) is 11.4. The fourth-order valence-corrected chi connectivity index (χ4v) is 2.74. The van der Waals surface area contributed by atoms with Gasteiger partial charge in [-0.15, -0.1) is 0 Å². The lowest BCUT2D eigenvalue weighted by atomic mass is 9.93. The van der Waals surface area contributed by atoms with Crippen LogP contribution in [0.4, 0.5) is 0 Å². The smallest absolute Gasteiger partial charge is 0.0465 e. The lowest BCUT2D eigenvalue weighted by Crippen LogP contribution is -2.13. The van der Waals surface area contributed by atoms with Crippen molar-refractivity contribution < 1.29 is 5.11 Å². The molecule has 0 spiro atoms. The molecule has 1 unspecified atom stereocenters. The zero-order valence-corrected chi connectivity index (χ0v) is 13.0. The highest BCUT2D eigenvalue weighted by atomic mass is 35.5. The molecule has 0 aliphatic heterocycles. The molecule has 0 heterocycles. The monoisotopic (exact) mass is 308 g/mol. The van der Waals surface area contributed by atoms with Gasteiger partial charge in [-0.1, -0.05) is 59.1 Å². The van der Waals surface area contributed by atoms with Gasteiger partial charge in [0.05, 0.1) is 0 Å². The standard InChI is InChI=1S/C17H18Cl2O/c1-12-2-4-13(5-3-12)8-14(11-20)9-15-6-7-16(18)10-17(15)19/h2-7,10,14,20H,8-9,11H2,1H3. The second-order valence-electron chi connectivity index (χ2n) is 5.18. The van der Waals surface area contributed by atoms with Crippen LogP contribution < -0.4 is 0 Å². The summed E-state index contributed by atoms with van der Waals surface area (Å²) in [6.07, 6.45) is 1.59. The Kier molecular flexibility index (Phi) is 5.47. The molecule has 1 N–H and O–H groups in total. The van der Waals surface area contributed by atoms with E-state index in [9.17, 15) is 5.11 Å². The Morgan fingerprint density at radius 1 is 1.00 bits per heavy atom. The molecule has 0 bridgehead atoms. The highest BCUT2D eigenvalue weighted by Gasteiger charge is 2.12. The van der Waals surface area contributed by atoms with Crippen LogP contribution in [0.25, 0.3) is 0 Å². The molecular formula is C17H18Cl2O. The maximum atomic E-state index is 9.58. The summed E-state index contributed by atoms with van der Waals surface area (Å²) < 4.78 is 0. The summed E-state index contributed by atoms with van der Waals surface area (Å²) in [6, 6.07) is 13.9. The van der Waals surface area contributed by atoms with Crippen LogP contribution in [0, 0.1) is 12.8 Å². The zero-order chi connectivity index (χ0) is 14.5. The van der Waals surface area contributed by atoms with Gasteiger partial charge in [0.15, 0.2) is 0 Å². The van der Waals surface area contributed by atoms with E-state index in [4.69, 9.17) is 23.2 Å². The van der Waals surface area contributed by atoms with Crippen LogP contribution in [0.15, 0.2) is 42.5 Å². The molecule has 0 amide bonds. The molecule has 2 aromatic carbocycles. The van der Waals surface area contributed by atoms with E-state index in [2.05, 4.69) is 31.2 Å². The molecule has 2 aromatic rings. The molecule has 0 aliphatic rings. The summed E-state index contributed by atoms with van der Waals surface area (Å²) in [5.74, 6) is 0.163. The fourth-order valence-electron chi connectivity index (χ4n) is 2.26. The predicted molar refractivity (Wildman–Crippen MR) is 85.6 cm³/mol. The number of hydrogen-bond donors (Lipinski definition) is 1. The molecule has 0 saturated carbocycles. The van der Waals surface area contributed by atoms with Crippen LogP contribution in [0.1, 0.15) is 16.7 Å². The van der Waals surface area contributed by atoms with Crippen LogP contribution in [-0.4, -0.2) is 11.7 Å². The van der Waals surface area contributed by atoms with E-state index in [1.54, 1.807) is 6.07 Å². The first-order chi connectivity index (χ1) is 9.58. The molecule has 0 aromatic heterocycles. The predicted octanol–water partition coefficient (Wildman–Crippen LogP) is 4.70. The van der Waals surface area contributed by atoms with Gasteiger partial charge in [-0.2, -0.15) is 0 Å². The van der Waals surface area contributed by atoms with E-state index in [-0.39, 0.29) is 12.5 Å². The number of aliphatic hydroxyl groups excluding tert-OH is 1. The molecule has 20 heavy (non-hydrogen) atoms. The average Bonchev–Trinajstić information content (AvgIpc) is 2.43. The third kappa shape index (κ3) is 4.24. The molecule has 0 radical (unpaired) electrons. The van der Waals surface area contributed by atoms with Gasteiger partial charge in [0, 0.05) is 16.7 Å². The summed E-state index contributed by atoms with van der Waals surface area (Å²) in [4.78, 5) is 0. The van der Waals surface area contributed by atoms with Crippen LogP contribution >= 0.6 is 23.2 Å². The Morgan fingerprint density at radius 2 is 1.70 bits per heavy atom.